The van der Waals surface area contributed by atoms with E-state index in [2.05, 4.69) is 0 Å². The number of nitriles is 1. The summed E-state index contributed by atoms with van der Waals surface area (Å²) >= 11 is 1.21. The van der Waals surface area contributed by atoms with Crippen LogP contribution in [0.2, 0.25) is 0 Å². The monoisotopic (exact) mass is 247 g/mol. The molecule has 0 aliphatic carbocycles. The van der Waals surface area contributed by atoms with Gasteiger partial charge in [0, 0.05) is 11.4 Å². The van der Waals surface area contributed by atoms with Crippen LogP contribution in [-0.2, 0) is 0 Å². The van der Waals surface area contributed by atoms with Gasteiger partial charge < -0.3 is 4.74 Å². The minimum absolute atomic E-state index is 0.0271. The van der Waals surface area contributed by atoms with Crippen molar-refractivity contribution in [2.45, 2.75) is 0 Å². The first-order chi connectivity index (χ1) is 8.22. The zero-order chi connectivity index (χ0) is 12.3. The highest BCUT2D eigenvalue weighted by molar-refractivity contribution is 7.11. The maximum atomic E-state index is 13.5. The minimum atomic E-state index is -0.608. The van der Waals surface area contributed by atoms with Gasteiger partial charge in [-0.05, 0) is 18.2 Å². The number of carbonyl (C=O) groups is 1. The number of rotatable bonds is 3. The molecule has 0 N–H and O–H groups in total. The van der Waals surface area contributed by atoms with E-state index in [0.717, 1.165) is 6.07 Å². The van der Waals surface area contributed by atoms with Crippen LogP contribution < -0.4 is 4.74 Å². The molecule has 0 saturated heterocycles. The van der Waals surface area contributed by atoms with Crippen LogP contribution in [0.3, 0.4) is 0 Å². The van der Waals surface area contributed by atoms with Gasteiger partial charge in [-0.2, -0.15) is 5.26 Å². The van der Waals surface area contributed by atoms with Crippen LogP contribution in [0.5, 0.6) is 11.5 Å². The van der Waals surface area contributed by atoms with Gasteiger partial charge in [0.05, 0.1) is 16.5 Å². The molecule has 1 heterocycles. The number of carbonyl (C=O) groups excluding carboxylic acids is 1. The number of benzene rings is 1. The highest BCUT2D eigenvalue weighted by atomic mass is 32.1. The van der Waals surface area contributed by atoms with E-state index >= 15 is 0 Å². The number of halogens is 1. The molecule has 0 aliphatic rings. The largest absolute Gasteiger partial charge is 0.453 e. The first kappa shape index (κ1) is 11.3. The summed E-state index contributed by atoms with van der Waals surface area (Å²) in [6.07, 6.45) is 0.701. The van der Waals surface area contributed by atoms with Gasteiger partial charge >= 0.3 is 0 Å². The molecule has 0 amide bonds. The Balaban J connectivity index is 2.24. The van der Waals surface area contributed by atoms with Crippen LogP contribution in [0.15, 0.2) is 29.6 Å². The molecule has 0 aliphatic heterocycles. The molecule has 17 heavy (non-hydrogen) atoms. The van der Waals surface area contributed by atoms with Crippen LogP contribution in [0, 0.1) is 17.1 Å². The quantitative estimate of drug-likeness (QED) is 0.781. The lowest BCUT2D eigenvalue weighted by atomic mass is 10.2. The number of aldehydes is 1. The molecular formula is C12H6FNO2S. The molecule has 1 aromatic carbocycles. The molecule has 0 saturated carbocycles. The Bertz CT molecular complexity index is 601. The van der Waals surface area contributed by atoms with Crippen molar-refractivity contribution in [2.75, 3.05) is 0 Å². The predicted molar refractivity (Wildman–Crippen MR) is 60.9 cm³/mol. The van der Waals surface area contributed by atoms with Crippen LogP contribution in [0.4, 0.5) is 4.39 Å². The SMILES string of the molecule is N#Cc1ccc(Oc2csc(C=O)c2)c(F)c1. The molecule has 0 atom stereocenters. The van der Waals surface area contributed by atoms with Gasteiger partial charge in [0.1, 0.15) is 5.75 Å². The summed E-state index contributed by atoms with van der Waals surface area (Å²) in [5, 5.41) is 10.2. The van der Waals surface area contributed by atoms with Crippen molar-refractivity contribution in [2.24, 2.45) is 0 Å². The highest BCUT2D eigenvalue weighted by Gasteiger charge is 2.07. The number of hydrogen-bond donors (Lipinski definition) is 0. The minimum Gasteiger partial charge on any atom is -0.453 e. The first-order valence-electron chi connectivity index (χ1n) is 4.64. The van der Waals surface area contributed by atoms with E-state index in [1.807, 2.05) is 6.07 Å². The lowest BCUT2D eigenvalue weighted by Gasteiger charge is -2.04. The second-order valence-corrected chi connectivity index (χ2v) is 4.10. The second-order valence-electron chi connectivity index (χ2n) is 3.16. The average Bonchev–Trinajstić information content (AvgIpc) is 2.79. The van der Waals surface area contributed by atoms with Crippen LogP contribution >= 0.6 is 11.3 Å². The second kappa shape index (κ2) is 4.76. The van der Waals surface area contributed by atoms with E-state index in [4.69, 9.17) is 10.00 Å². The number of hydrogen-bond acceptors (Lipinski definition) is 4. The van der Waals surface area contributed by atoms with Gasteiger partial charge in [-0.3, -0.25) is 4.79 Å². The Kier molecular flexibility index (Phi) is 3.17. The van der Waals surface area contributed by atoms with E-state index < -0.39 is 5.82 Å². The molecular weight excluding hydrogens is 241 g/mol. The van der Waals surface area contributed by atoms with Crippen LogP contribution in [0.1, 0.15) is 15.2 Å². The lowest BCUT2D eigenvalue weighted by molar-refractivity contribution is 0.112. The molecule has 1 aromatic heterocycles. The topological polar surface area (TPSA) is 50.1 Å². The summed E-state index contributed by atoms with van der Waals surface area (Å²) in [7, 11) is 0. The van der Waals surface area contributed by atoms with Crippen LogP contribution in [0.25, 0.3) is 0 Å². The normalized spacial score (nSPS) is 9.65. The Hall–Kier alpha value is -2.19. The van der Waals surface area contributed by atoms with E-state index in [1.54, 1.807) is 5.38 Å². The predicted octanol–water partition coefficient (Wildman–Crippen LogP) is 3.36. The maximum absolute atomic E-state index is 13.5. The fraction of sp³-hybridized carbons (Fsp3) is 0. The molecule has 5 heteroatoms. The van der Waals surface area contributed by atoms with Crippen molar-refractivity contribution in [1.82, 2.24) is 0 Å². The summed E-state index contributed by atoms with van der Waals surface area (Å²) in [6.45, 7) is 0. The van der Waals surface area contributed by atoms with Gasteiger partial charge in [0.25, 0.3) is 0 Å². The van der Waals surface area contributed by atoms with Crippen molar-refractivity contribution >= 4 is 17.6 Å². The van der Waals surface area contributed by atoms with Gasteiger partial charge in [-0.15, -0.1) is 11.3 Å². The maximum Gasteiger partial charge on any atom is 0.167 e. The fourth-order valence-electron chi connectivity index (χ4n) is 1.23. The molecule has 0 radical (unpaired) electrons. The number of nitrogens with zero attached hydrogens (tertiary/aromatic N) is 1. The third-order valence-corrected chi connectivity index (χ3v) is 2.84. The Morgan fingerprint density at radius 3 is 2.82 bits per heavy atom. The average molecular weight is 247 g/mol. The van der Waals surface area contributed by atoms with Crippen molar-refractivity contribution in [3.05, 3.63) is 45.9 Å². The lowest BCUT2D eigenvalue weighted by Crippen LogP contribution is -1.88. The van der Waals surface area contributed by atoms with E-state index in [9.17, 15) is 9.18 Å². The molecule has 2 rings (SSSR count). The summed E-state index contributed by atoms with van der Waals surface area (Å²) in [6, 6.07) is 7.30. The molecule has 2 aromatic rings. The highest BCUT2D eigenvalue weighted by Crippen LogP contribution is 2.28. The van der Waals surface area contributed by atoms with E-state index in [1.165, 1.54) is 29.5 Å². The summed E-state index contributed by atoms with van der Waals surface area (Å²) in [5.41, 5.74) is 0.230. The van der Waals surface area contributed by atoms with Crippen LogP contribution in [-0.4, -0.2) is 6.29 Å². The number of thiophene rings is 1. The molecule has 0 fully saturated rings. The molecule has 0 unspecified atom stereocenters. The molecule has 0 bridgehead atoms. The summed E-state index contributed by atoms with van der Waals surface area (Å²) in [5.74, 6) is -0.178. The van der Waals surface area contributed by atoms with E-state index in [-0.39, 0.29) is 11.3 Å². The molecule has 84 valence electrons. The Labute approximate surface area is 101 Å². The zero-order valence-electron chi connectivity index (χ0n) is 8.51. The van der Waals surface area contributed by atoms with Crippen molar-refractivity contribution in [3.8, 4) is 17.6 Å². The Morgan fingerprint density at radius 1 is 1.41 bits per heavy atom. The standard InChI is InChI=1S/C12H6FNO2S/c13-11-3-8(5-14)1-2-12(11)16-9-4-10(6-15)17-7-9/h1-4,6-7H. The fourth-order valence-corrected chi connectivity index (χ4v) is 1.84. The molecule has 3 nitrogen and oxygen atoms in total. The zero-order valence-corrected chi connectivity index (χ0v) is 9.33. The molecule has 0 spiro atoms. The van der Waals surface area contributed by atoms with Crippen molar-refractivity contribution in [1.29, 1.82) is 5.26 Å². The summed E-state index contributed by atoms with van der Waals surface area (Å²) in [4.78, 5) is 11.0. The van der Waals surface area contributed by atoms with Crippen molar-refractivity contribution in [3.63, 3.8) is 0 Å². The van der Waals surface area contributed by atoms with Gasteiger partial charge in [-0.1, -0.05) is 0 Å². The third kappa shape index (κ3) is 2.49. The number of ether oxygens (including phenoxy) is 1. The summed E-state index contributed by atoms with van der Waals surface area (Å²) < 4.78 is 18.7. The van der Waals surface area contributed by atoms with Crippen molar-refractivity contribution < 1.29 is 13.9 Å². The van der Waals surface area contributed by atoms with Gasteiger partial charge in [0.2, 0.25) is 0 Å². The van der Waals surface area contributed by atoms with Gasteiger partial charge in [-0.25, -0.2) is 4.39 Å². The third-order valence-electron chi connectivity index (χ3n) is 2.00. The smallest absolute Gasteiger partial charge is 0.167 e. The first-order valence-corrected chi connectivity index (χ1v) is 5.52. The van der Waals surface area contributed by atoms with E-state index in [0.29, 0.717) is 16.9 Å². The Morgan fingerprint density at radius 2 is 2.24 bits per heavy atom. The van der Waals surface area contributed by atoms with Gasteiger partial charge in [0.15, 0.2) is 17.9 Å².